The molecule has 0 bridgehead atoms. The van der Waals surface area contributed by atoms with E-state index in [-0.39, 0.29) is 6.04 Å². The number of likely N-dealkylation sites (N-methyl/N-ethyl adjacent to an activating group) is 1. The number of nitrogens with one attached hydrogen (secondary N) is 3. The van der Waals surface area contributed by atoms with E-state index >= 15 is 0 Å². The molecule has 0 aliphatic carbocycles. The summed E-state index contributed by atoms with van der Waals surface area (Å²) in [4.78, 5) is 23.1. The van der Waals surface area contributed by atoms with Gasteiger partial charge in [-0.05, 0) is 48.6 Å². The van der Waals surface area contributed by atoms with E-state index in [1.165, 1.54) is 0 Å². The minimum absolute atomic E-state index is 0.120. The molecule has 7 nitrogen and oxygen atoms in total. The molecule has 0 aliphatic rings. The van der Waals surface area contributed by atoms with Gasteiger partial charge in [-0.1, -0.05) is 0 Å². The summed E-state index contributed by atoms with van der Waals surface area (Å²) >= 11 is 0. The normalized spacial score (nSPS) is 12.0. The van der Waals surface area contributed by atoms with Gasteiger partial charge >= 0.3 is 12.2 Å². The Morgan fingerprint density at radius 3 is 1.43 bits per heavy atom. The molecule has 0 aromatic rings. The Kier molecular flexibility index (Phi) is 7.49. The van der Waals surface area contributed by atoms with Crippen molar-refractivity contribution in [3.63, 3.8) is 0 Å². The van der Waals surface area contributed by atoms with E-state index in [4.69, 9.17) is 9.47 Å². The van der Waals surface area contributed by atoms with Crippen LogP contribution in [0.2, 0.25) is 0 Å². The molecule has 3 N–H and O–H groups in total. The quantitative estimate of drug-likeness (QED) is 0.718. The predicted octanol–water partition coefficient (Wildman–Crippen LogP) is 1.62. The lowest BCUT2D eigenvalue weighted by Crippen LogP contribution is -2.48. The molecule has 2 amide bonds. The third-order valence-corrected chi connectivity index (χ3v) is 2.19. The average Bonchev–Trinajstić information content (AvgIpc) is 2.24. The maximum Gasteiger partial charge on any atom is 0.407 e. The van der Waals surface area contributed by atoms with E-state index in [0.717, 1.165) is 0 Å². The fraction of sp³-hybridized carbons (Fsp3) is 0.857. The van der Waals surface area contributed by atoms with Crippen molar-refractivity contribution in [3.8, 4) is 0 Å². The molecular formula is C14H29N3O4. The van der Waals surface area contributed by atoms with Crippen molar-refractivity contribution in [2.24, 2.45) is 0 Å². The molecule has 0 unspecified atom stereocenters. The molecule has 0 spiro atoms. The van der Waals surface area contributed by atoms with Gasteiger partial charge in [0.15, 0.2) is 0 Å². The zero-order valence-electron chi connectivity index (χ0n) is 14.1. The molecule has 0 aromatic heterocycles. The van der Waals surface area contributed by atoms with Crippen LogP contribution in [0.5, 0.6) is 0 Å². The van der Waals surface area contributed by atoms with E-state index < -0.39 is 23.4 Å². The van der Waals surface area contributed by atoms with E-state index in [0.29, 0.717) is 13.1 Å². The summed E-state index contributed by atoms with van der Waals surface area (Å²) in [5.74, 6) is 0. The Balaban J connectivity index is 4.07. The van der Waals surface area contributed by atoms with Gasteiger partial charge < -0.3 is 25.4 Å². The number of rotatable bonds is 5. The van der Waals surface area contributed by atoms with Crippen LogP contribution in [-0.4, -0.2) is 49.6 Å². The molecule has 0 saturated carbocycles. The van der Waals surface area contributed by atoms with Crippen LogP contribution >= 0.6 is 0 Å². The number of amides is 2. The molecule has 0 rings (SSSR count). The Hall–Kier alpha value is -1.50. The fourth-order valence-electron chi connectivity index (χ4n) is 1.32. The van der Waals surface area contributed by atoms with Crippen molar-refractivity contribution in [2.75, 3.05) is 20.1 Å². The highest BCUT2D eigenvalue weighted by molar-refractivity contribution is 5.68. The first kappa shape index (κ1) is 19.5. The first-order chi connectivity index (χ1) is 9.43. The minimum atomic E-state index is -0.534. The summed E-state index contributed by atoms with van der Waals surface area (Å²) in [5, 5.41) is 8.29. The number of alkyl carbamates (subject to hydrolysis) is 2. The van der Waals surface area contributed by atoms with Crippen LogP contribution in [0.4, 0.5) is 9.59 Å². The summed E-state index contributed by atoms with van der Waals surface area (Å²) in [6.07, 6.45) is -0.972. The number of carbonyl (C=O) groups is 2. The molecule has 21 heavy (non-hydrogen) atoms. The second kappa shape index (κ2) is 8.07. The average molecular weight is 303 g/mol. The minimum Gasteiger partial charge on any atom is -0.444 e. The highest BCUT2D eigenvalue weighted by Gasteiger charge is 2.19. The van der Waals surface area contributed by atoms with E-state index in [1.54, 1.807) is 48.6 Å². The van der Waals surface area contributed by atoms with E-state index in [9.17, 15) is 9.59 Å². The Morgan fingerprint density at radius 2 is 1.19 bits per heavy atom. The van der Waals surface area contributed by atoms with Gasteiger partial charge in [-0.3, -0.25) is 0 Å². The van der Waals surface area contributed by atoms with Crippen molar-refractivity contribution in [3.05, 3.63) is 0 Å². The third-order valence-electron chi connectivity index (χ3n) is 2.19. The van der Waals surface area contributed by atoms with Crippen molar-refractivity contribution >= 4 is 12.2 Å². The number of hydrogen-bond donors (Lipinski definition) is 3. The van der Waals surface area contributed by atoms with Crippen LogP contribution in [-0.2, 0) is 9.47 Å². The van der Waals surface area contributed by atoms with Crippen LogP contribution in [0.1, 0.15) is 41.5 Å². The Morgan fingerprint density at radius 1 is 0.857 bits per heavy atom. The van der Waals surface area contributed by atoms with E-state index in [1.807, 2.05) is 0 Å². The monoisotopic (exact) mass is 303 g/mol. The highest BCUT2D eigenvalue weighted by Crippen LogP contribution is 2.07. The first-order valence-corrected chi connectivity index (χ1v) is 7.04. The molecular weight excluding hydrogens is 274 g/mol. The SMILES string of the molecule is CNC(CNC(=O)OC(C)(C)C)CNC(=O)OC(C)(C)C. The lowest BCUT2D eigenvalue weighted by atomic mass is 10.2. The molecule has 0 radical (unpaired) electrons. The first-order valence-electron chi connectivity index (χ1n) is 7.04. The number of hydrogen-bond acceptors (Lipinski definition) is 5. The molecule has 7 heteroatoms. The van der Waals surface area contributed by atoms with Crippen LogP contribution in [0, 0.1) is 0 Å². The summed E-state index contributed by atoms with van der Waals surface area (Å²) in [6.45, 7) is 11.5. The lowest BCUT2D eigenvalue weighted by Gasteiger charge is -2.23. The smallest absolute Gasteiger partial charge is 0.407 e. The number of carbonyl (C=O) groups excluding carboxylic acids is 2. The summed E-state index contributed by atoms with van der Waals surface area (Å²) in [5.41, 5.74) is -1.07. The van der Waals surface area contributed by atoms with Crippen molar-refractivity contribution in [2.45, 2.75) is 58.8 Å². The maximum atomic E-state index is 11.5. The van der Waals surface area contributed by atoms with Gasteiger partial charge in [-0.2, -0.15) is 0 Å². The molecule has 124 valence electrons. The second-order valence-corrected chi connectivity index (χ2v) is 6.75. The summed E-state index contributed by atoms with van der Waals surface area (Å²) in [6, 6.07) is -0.120. The molecule has 0 atom stereocenters. The molecule has 0 aromatic carbocycles. The van der Waals surface area contributed by atoms with Crippen LogP contribution in [0.25, 0.3) is 0 Å². The topological polar surface area (TPSA) is 88.7 Å². The zero-order chi connectivity index (χ0) is 16.7. The highest BCUT2D eigenvalue weighted by atomic mass is 16.6. The molecule has 0 aliphatic heterocycles. The lowest BCUT2D eigenvalue weighted by molar-refractivity contribution is 0.0516. The van der Waals surface area contributed by atoms with Gasteiger partial charge in [0, 0.05) is 19.1 Å². The van der Waals surface area contributed by atoms with Crippen LogP contribution in [0.15, 0.2) is 0 Å². The fourth-order valence-corrected chi connectivity index (χ4v) is 1.32. The second-order valence-electron chi connectivity index (χ2n) is 6.75. The predicted molar refractivity (Wildman–Crippen MR) is 81.3 cm³/mol. The molecule has 0 saturated heterocycles. The van der Waals surface area contributed by atoms with E-state index in [2.05, 4.69) is 16.0 Å². The molecule has 0 heterocycles. The van der Waals surface area contributed by atoms with Crippen LogP contribution in [0.3, 0.4) is 0 Å². The van der Waals surface area contributed by atoms with Gasteiger partial charge in [0.25, 0.3) is 0 Å². The van der Waals surface area contributed by atoms with Gasteiger partial charge in [0.2, 0.25) is 0 Å². The van der Waals surface area contributed by atoms with Gasteiger partial charge in [-0.25, -0.2) is 9.59 Å². The Bertz CT molecular complexity index is 313. The van der Waals surface area contributed by atoms with Crippen molar-refractivity contribution in [1.82, 2.24) is 16.0 Å². The largest absolute Gasteiger partial charge is 0.444 e. The number of ether oxygens (including phenoxy) is 2. The van der Waals surface area contributed by atoms with Crippen LogP contribution < -0.4 is 16.0 Å². The maximum absolute atomic E-state index is 11.5. The molecule has 0 fully saturated rings. The van der Waals surface area contributed by atoms with Crippen molar-refractivity contribution in [1.29, 1.82) is 0 Å². The summed E-state index contributed by atoms with van der Waals surface area (Å²) in [7, 11) is 1.75. The summed E-state index contributed by atoms with van der Waals surface area (Å²) < 4.78 is 10.3. The third kappa shape index (κ3) is 12.0. The van der Waals surface area contributed by atoms with Gasteiger partial charge in [0.05, 0.1) is 0 Å². The standard InChI is InChI=1S/C14H29N3O4/c1-13(2,3)20-11(18)16-8-10(15-7)9-17-12(19)21-14(4,5)6/h10,15H,8-9H2,1-7H3,(H,16,18)(H,17,19). The van der Waals surface area contributed by atoms with Gasteiger partial charge in [0.1, 0.15) is 11.2 Å². The Labute approximate surface area is 127 Å². The van der Waals surface area contributed by atoms with Crippen molar-refractivity contribution < 1.29 is 19.1 Å². The van der Waals surface area contributed by atoms with Gasteiger partial charge in [-0.15, -0.1) is 0 Å². The zero-order valence-corrected chi connectivity index (χ0v) is 14.1.